The van der Waals surface area contributed by atoms with E-state index in [0.717, 1.165) is 56.1 Å². The van der Waals surface area contributed by atoms with Gasteiger partial charge in [0.25, 0.3) is 0 Å². The molecular formula is C43H52N8O6. The largest absolute Gasteiger partial charge is 0.453 e. The van der Waals surface area contributed by atoms with E-state index in [1.54, 1.807) is 22.2 Å². The number of alkyl carbamates (subject to hydrolysis) is 2. The quantitative estimate of drug-likeness (QED) is 0.221. The summed E-state index contributed by atoms with van der Waals surface area (Å²) in [4.78, 5) is 70.7. The van der Waals surface area contributed by atoms with Gasteiger partial charge in [-0.3, -0.25) is 9.59 Å². The van der Waals surface area contributed by atoms with Gasteiger partial charge < -0.3 is 39.9 Å². The van der Waals surface area contributed by atoms with Crippen LogP contribution in [0.4, 0.5) is 9.59 Å². The highest BCUT2D eigenvalue weighted by molar-refractivity contribution is 5.87. The van der Waals surface area contributed by atoms with Gasteiger partial charge in [0, 0.05) is 24.2 Å². The second-order valence-electron chi connectivity index (χ2n) is 16.2. The third-order valence-electron chi connectivity index (χ3n) is 11.9. The molecule has 2 saturated heterocycles. The number of nitrogens with zero attached hydrogens (tertiary/aromatic N) is 4. The molecule has 4 heterocycles. The summed E-state index contributed by atoms with van der Waals surface area (Å²) in [6.07, 6.45) is 8.78. The topological polar surface area (TPSA) is 175 Å². The van der Waals surface area contributed by atoms with Crippen molar-refractivity contribution in [2.75, 3.05) is 27.3 Å². The number of hydrogen-bond donors (Lipinski definition) is 4. The predicted molar refractivity (Wildman–Crippen MR) is 211 cm³/mol. The van der Waals surface area contributed by atoms with Crippen molar-refractivity contribution in [2.24, 2.45) is 11.8 Å². The number of carbonyl (C=O) groups is 4. The molecule has 4 N–H and O–H groups in total. The van der Waals surface area contributed by atoms with Crippen LogP contribution in [0.1, 0.15) is 142 Å². The summed E-state index contributed by atoms with van der Waals surface area (Å²) in [5.74, 6) is 15.2. The first-order valence-corrected chi connectivity index (χ1v) is 20.1. The van der Waals surface area contributed by atoms with Gasteiger partial charge in [-0.15, -0.1) is 0 Å². The SMILES string of the molecule is COC(=O)N[C@H](C(=O)N1CCCC1c1ncc(C#Cc2ccc(C#Cc3cnc([C@@H]4CCCN4C(=O)[C@@H](NC(=O)OC)C(C)C)[nH]3)c3c2C2CCC3C2)[nH]1)C(C)C. The average Bonchev–Trinajstić information content (AvgIpc) is 4.06. The molecule has 2 aromatic heterocycles. The lowest BCUT2D eigenvalue weighted by atomic mass is 9.85. The van der Waals surface area contributed by atoms with Crippen LogP contribution in [0.2, 0.25) is 0 Å². The van der Waals surface area contributed by atoms with Gasteiger partial charge in [0.1, 0.15) is 35.1 Å². The molecule has 3 aromatic rings. The number of rotatable bonds is 8. The third-order valence-corrected chi connectivity index (χ3v) is 11.9. The van der Waals surface area contributed by atoms with Crippen molar-refractivity contribution in [1.82, 2.24) is 40.4 Å². The maximum atomic E-state index is 13.6. The zero-order chi connectivity index (χ0) is 40.4. The minimum Gasteiger partial charge on any atom is -0.453 e. The molecule has 300 valence electrons. The van der Waals surface area contributed by atoms with Crippen LogP contribution in [0, 0.1) is 35.5 Å². The molecular weight excluding hydrogens is 725 g/mol. The smallest absolute Gasteiger partial charge is 0.407 e. The number of imidazole rings is 2. The molecule has 4 aliphatic rings. The lowest BCUT2D eigenvalue weighted by Crippen LogP contribution is -2.51. The Hall–Kier alpha value is -5.76. The van der Waals surface area contributed by atoms with Gasteiger partial charge >= 0.3 is 12.2 Å². The van der Waals surface area contributed by atoms with Crippen LogP contribution in [0.25, 0.3) is 0 Å². The normalized spacial score (nSPS) is 21.7. The summed E-state index contributed by atoms with van der Waals surface area (Å²) in [7, 11) is 2.58. The maximum Gasteiger partial charge on any atom is 0.407 e. The minimum atomic E-state index is -0.698. The number of aromatic nitrogens is 4. The molecule has 2 bridgehead atoms. The Kier molecular flexibility index (Phi) is 11.6. The molecule has 0 spiro atoms. The predicted octanol–water partition coefficient (Wildman–Crippen LogP) is 5.39. The van der Waals surface area contributed by atoms with E-state index in [1.807, 2.05) is 27.7 Å². The van der Waals surface area contributed by atoms with E-state index in [0.29, 0.717) is 48.0 Å². The van der Waals surface area contributed by atoms with Crippen LogP contribution in [-0.4, -0.2) is 93.1 Å². The highest BCUT2D eigenvalue weighted by Gasteiger charge is 2.41. The van der Waals surface area contributed by atoms with Crippen molar-refractivity contribution >= 4 is 24.0 Å². The van der Waals surface area contributed by atoms with E-state index in [4.69, 9.17) is 9.47 Å². The fourth-order valence-electron chi connectivity index (χ4n) is 9.03. The number of hydrogen-bond acceptors (Lipinski definition) is 8. The van der Waals surface area contributed by atoms with Gasteiger partial charge in [0.2, 0.25) is 11.8 Å². The summed E-state index contributed by atoms with van der Waals surface area (Å²) < 4.78 is 9.53. The minimum absolute atomic E-state index is 0.113. The Labute approximate surface area is 333 Å². The molecule has 2 aliphatic heterocycles. The van der Waals surface area contributed by atoms with Gasteiger partial charge in [-0.2, -0.15) is 0 Å². The molecule has 0 radical (unpaired) electrons. The molecule has 57 heavy (non-hydrogen) atoms. The number of amides is 4. The van der Waals surface area contributed by atoms with Gasteiger partial charge in [-0.1, -0.05) is 39.5 Å². The maximum absolute atomic E-state index is 13.6. The third kappa shape index (κ3) is 8.09. The number of H-pyrrole nitrogens is 2. The lowest BCUT2D eigenvalue weighted by molar-refractivity contribution is -0.136. The number of benzene rings is 1. The first-order valence-electron chi connectivity index (χ1n) is 20.1. The zero-order valence-electron chi connectivity index (χ0n) is 33.5. The second-order valence-corrected chi connectivity index (χ2v) is 16.2. The molecule has 2 aliphatic carbocycles. The summed E-state index contributed by atoms with van der Waals surface area (Å²) >= 11 is 0. The number of likely N-dealkylation sites (tertiary alicyclic amines) is 2. The molecule has 14 heteroatoms. The molecule has 4 amide bonds. The van der Waals surface area contributed by atoms with Crippen molar-refractivity contribution in [3.63, 3.8) is 0 Å². The summed E-state index contributed by atoms with van der Waals surface area (Å²) in [6, 6.07) is 2.28. The monoisotopic (exact) mass is 776 g/mol. The molecule has 1 saturated carbocycles. The Morgan fingerprint density at radius 2 is 1.11 bits per heavy atom. The summed E-state index contributed by atoms with van der Waals surface area (Å²) in [5.41, 5.74) is 5.94. The zero-order valence-corrected chi connectivity index (χ0v) is 33.5. The first kappa shape index (κ1) is 39.5. The van der Waals surface area contributed by atoms with E-state index >= 15 is 0 Å². The Balaban J connectivity index is 1.07. The van der Waals surface area contributed by atoms with Crippen molar-refractivity contribution < 1.29 is 28.7 Å². The Bertz CT molecular complexity index is 2000. The number of nitrogens with one attached hydrogen (secondary N) is 4. The summed E-state index contributed by atoms with van der Waals surface area (Å²) in [6.45, 7) is 8.76. The highest BCUT2D eigenvalue weighted by Crippen LogP contribution is 2.55. The van der Waals surface area contributed by atoms with Crippen LogP contribution < -0.4 is 10.6 Å². The van der Waals surface area contributed by atoms with Crippen molar-refractivity contribution in [3.8, 4) is 23.7 Å². The molecule has 1 aromatic carbocycles. The van der Waals surface area contributed by atoms with Crippen molar-refractivity contribution in [1.29, 1.82) is 0 Å². The number of methoxy groups -OCH3 is 2. The molecule has 3 fully saturated rings. The fraction of sp³-hybridized carbons (Fsp3) is 0.535. The molecule has 3 unspecified atom stereocenters. The molecule has 6 atom stereocenters. The van der Waals surface area contributed by atoms with Gasteiger partial charge in [-0.05, 0) is 104 Å². The van der Waals surface area contributed by atoms with E-state index in [-0.39, 0.29) is 35.7 Å². The average molecular weight is 777 g/mol. The number of ether oxygens (including phenoxy) is 2. The molecule has 14 nitrogen and oxygen atoms in total. The van der Waals surface area contributed by atoms with E-state index in [9.17, 15) is 19.2 Å². The van der Waals surface area contributed by atoms with Crippen LogP contribution >= 0.6 is 0 Å². The molecule has 7 rings (SSSR count). The second kappa shape index (κ2) is 16.8. The lowest BCUT2D eigenvalue weighted by Gasteiger charge is -2.29. The van der Waals surface area contributed by atoms with E-state index in [2.05, 4.69) is 66.4 Å². The Morgan fingerprint density at radius 3 is 1.49 bits per heavy atom. The summed E-state index contributed by atoms with van der Waals surface area (Å²) in [5, 5.41) is 5.39. The Morgan fingerprint density at radius 1 is 0.684 bits per heavy atom. The van der Waals surface area contributed by atoms with Crippen LogP contribution in [0.3, 0.4) is 0 Å². The van der Waals surface area contributed by atoms with Crippen molar-refractivity contribution in [2.45, 2.75) is 109 Å². The van der Waals surface area contributed by atoms with Gasteiger partial charge in [0.15, 0.2) is 0 Å². The van der Waals surface area contributed by atoms with Crippen LogP contribution in [-0.2, 0) is 19.1 Å². The van der Waals surface area contributed by atoms with Gasteiger partial charge in [-0.25, -0.2) is 19.6 Å². The number of carbonyl (C=O) groups excluding carboxylic acids is 4. The number of fused-ring (bicyclic) bond motifs is 5. The fourth-order valence-corrected chi connectivity index (χ4v) is 9.03. The highest BCUT2D eigenvalue weighted by atomic mass is 16.5. The number of aromatic amines is 2. The van der Waals surface area contributed by atoms with E-state index in [1.165, 1.54) is 25.3 Å². The van der Waals surface area contributed by atoms with Crippen LogP contribution in [0.5, 0.6) is 0 Å². The standard InChI is InChI=1S/C43H52N8O6/c1-24(2)36(48-42(54)56-5)40(52)50-19-7-9-32(50)38-44-22-30(46-38)17-15-26-11-12-27(35-29-14-13-28(21-29)34(26)35)16-18-31-23-45-39(47-31)33-10-8-20-51(33)41(53)37(25(3)4)49-43(55)57-6/h11-12,22-25,28-29,32-33,36-37H,7-10,13-14,19-21H2,1-6H3,(H,44,46)(H,45,47)(H,48,54)(H,49,55)/t28?,29?,32-,33?,36-,37-/m0/s1. The van der Waals surface area contributed by atoms with Gasteiger partial charge in [0.05, 0.1) is 38.7 Å². The first-order chi connectivity index (χ1) is 27.5. The van der Waals surface area contributed by atoms with Crippen molar-refractivity contribution in [3.05, 3.63) is 69.8 Å². The van der Waals surface area contributed by atoms with E-state index < -0.39 is 24.3 Å². The van der Waals surface area contributed by atoms with Crippen LogP contribution in [0.15, 0.2) is 24.5 Å².